The summed E-state index contributed by atoms with van der Waals surface area (Å²) >= 11 is 4.09. The van der Waals surface area contributed by atoms with Crippen molar-refractivity contribution in [2.24, 2.45) is 0 Å². The van der Waals surface area contributed by atoms with Crippen LogP contribution >= 0.6 is 12.6 Å². The number of ether oxygens (including phenoxy) is 1. The molecule has 0 saturated carbocycles. The minimum atomic E-state index is -3.54. The van der Waals surface area contributed by atoms with Gasteiger partial charge in [-0.15, -0.1) is 0 Å². The van der Waals surface area contributed by atoms with E-state index in [1.807, 2.05) is 6.92 Å². The van der Waals surface area contributed by atoms with E-state index >= 15 is 0 Å². The number of rotatable bonds is 3. The topological polar surface area (TPSA) is 60.4 Å². The molecule has 0 bridgehead atoms. The lowest BCUT2D eigenvalue weighted by Crippen LogP contribution is -2.24. The van der Waals surface area contributed by atoms with Crippen LogP contribution in [0.1, 0.15) is 24.8 Å². The van der Waals surface area contributed by atoms with Gasteiger partial charge in [0.05, 0.1) is 11.5 Å². The Labute approximate surface area is 112 Å². The average Bonchev–Trinajstić information content (AvgIpc) is 2.56. The van der Waals surface area contributed by atoms with Crippen molar-refractivity contribution >= 4 is 28.4 Å². The molecular formula is C12H14O4S2. The highest BCUT2D eigenvalue weighted by Gasteiger charge is 2.47. The van der Waals surface area contributed by atoms with Crippen molar-refractivity contribution in [1.82, 2.24) is 0 Å². The van der Waals surface area contributed by atoms with Crippen LogP contribution in [0.15, 0.2) is 29.2 Å². The first-order valence-electron chi connectivity index (χ1n) is 5.67. The molecule has 0 aromatic heterocycles. The zero-order valence-corrected chi connectivity index (χ0v) is 11.6. The number of hydrogen-bond acceptors (Lipinski definition) is 5. The summed E-state index contributed by atoms with van der Waals surface area (Å²) in [6.45, 7) is 2.17. The van der Waals surface area contributed by atoms with Gasteiger partial charge in [0.1, 0.15) is 10.5 Å². The zero-order chi connectivity index (χ0) is 13.3. The predicted molar refractivity (Wildman–Crippen MR) is 70.4 cm³/mol. The molecule has 1 aliphatic heterocycles. The van der Waals surface area contributed by atoms with Crippen molar-refractivity contribution < 1.29 is 17.9 Å². The van der Waals surface area contributed by atoms with Gasteiger partial charge in [-0.05, 0) is 18.1 Å². The summed E-state index contributed by atoms with van der Waals surface area (Å²) in [5.74, 6) is -1.36. The van der Waals surface area contributed by atoms with Gasteiger partial charge in [-0.1, -0.05) is 25.1 Å². The third kappa shape index (κ3) is 2.03. The normalized spacial score (nSPS) is 24.6. The van der Waals surface area contributed by atoms with Crippen molar-refractivity contribution in [3.63, 3.8) is 0 Å². The molecule has 1 aromatic carbocycles. The molecule has 0 aliphatic carbocycles. The molecule has 98 valence electrons. The molecule has 0 saturated heterocycles. The van der Waals surface area contributed by atoms with Gasteiger partial charge in [0.25, 0.3) is 0 Å². The molecule has 0 radical (unpaired) electrons. The second kappa shape index (κ2) is 4.93. The van der Waals surface area contributed by atoms with Crippen LogP contribution in [-0.2, 0) is 19.4 Å². The highest BCUT2D eigenvalue weighted by molar-refractivity contribution is 8.05. The number of hydrogen-bond donors (Lipinski definition) is 1. The summed E-state index contributed by atoms with van der Waals surface area (Å²) in [5.41, 5.74) is 0.485. The van der Waals surface area contributed by atoms with Gasteiger partial charge in [-0.25, -0.2) is 8.42 Å². The molecular weight excluding hydrogens is 272 g/mol. The molecule has 6 heteroatoms. The Hall–Kier alpha value is -1.01. The lowest BCUT2D eigenvalue weighted by molar-refractivity contribution is -0.145. The first kappa shape index (κ1) is 13.4. The Morgan fingerprint density at radius 2 is 2.06 bits per heavy atom. The van der Waals surface area contributed by atoms with E-state index in [1.165, 1.54) is 6.07 Å². The van der Waals surface area contributed by atoms with Gasteiger partial charge in [-0.2, -0.15) is 12.6 Å². The second-order valence-corrected chi connectivity index (χ2v) is 7.06. The number of thiol groups is 1. The fourth-order valence-electron chi connectivity index (χ4n) is 2.00. The fourth-order valence-corrected chi connectivity index (χ4v) is 4.29. The Morgan fingerprint density at radius 1 is 1.39 bits per heavy atom. The van der Waals surface area contributed by atoms with E-state index in [9.17, 15) is 13.2 Å². The maximum absolute atomic E-state index is 12.1. The van der Waals surface area contributed by atoms with Crippen LogP contribution in [-0.4, -0.2) is 25.6 Å². The second-order valence-electron chi connectivity index (χ2n) is 4.12. The van der Waals surface area contributed by atoms with Crippen molar-refractivity contribution in [1.29, 1.82) is 0 Å². The SMILES string of the molecule is CCCOC(=O)[C@H]1c2ccccc2S(=O)(=O)[C@@H]1S. The van der Waals surface area contributed by atoms with Crippen LogP contribution in [0.4, 0.5) is 0 Å². The number of carbonyl (C=O) groups excluding carboxylic acids is 1. The van der Waals surface area contributed by atoms with Crippen LogP contribution in [0.5, 0.6) is 0 Å². The van der Waals surface area contributed by atoms with E-state index in [1.54, 1.807) is 18.2 Å². The maximum atomic E-state index is 12.1. The van der Waals surface area contributed by atoms with Crippen LogP contribution in [0, 0.1) is 0 Å². The first-order chi connectivity index (χ1) is 8.50. The Kier molecular flexibility index (Phi) is 3.68. The van der Waals surface area contributed by atoms with Gasteiger partial charge >= 0.3 is 5.97 Å². The standard InChI is InChI=1S/C12H14O4S2/c1-2-7-16-11(13)10-8-5-3-4-6-9(8)18(14,15)12(10)17/h3-6,10,12,17H,2,7H2,1H3/t10-,12+/m1/s1. The van der Waals surface area contributed by atoms with Crippen LogP contribution in [0.2, 0.25) is 0 Å². The number of sulfone groups is 1. The van der Waals surface area contributed by atoms with Crippen molar-refractivity contribution in [2.75, 3.05) is 6.61 Å². The largest absolute Gasteiger partial charge is 0.465 e. The van der Waals surface area contributed by atoms with Gasteiger partial charge in [0.2, 0.25) is 0 Å². The smallest absolute Gasteiger partial charge is 0.315 e. The van der Waals surface area contributed by atoms with Gasteiger partial charge in [0.15, 0.2) is 9.84 Å². The van der Waals surface area contributed by atoms with Crippen LogP contribution in [0.3, 0.4) is 0 Å². The molecule has 4 nitrogen and oxygen atoms in total. The molecule has 1 heterocycles. The van der Waals surface area contributed by atoms with E-state index in [4.69, 9.17) is 4.74 Å². The van der Waals surface area contributed by atoms with Crippen LogP contribution < -0.4 is 0 Å². The maximum Gasteiger partial charge on any atom is 0.315 e. The highest BCUT2D eigenvalue weighted by atomic mass is 32.2. The molecule has 0 unspecified atom stereocenters. The first-order valence-corrected chi connectivity index (χ1v) is 7.74. The van der Waals surface area contributed by atoms with Crippen molar-refractivity contribution in [3.05, 3.63) is 29.8 Å². The number of carbonyl (C=O) groups is 1. The van der Waals surface area contributed by atoms with E-state index in [0.29, 0.717) is 12.0 Å². The minimum Gasteiger partial charge on any atom is -0.465 e. The summed E-state index contributed by atoms with van der Waals surface area (Å²) in [6.07, 6.45) is 0.699. The third-order valence-electron chi connectivity index (χ3n) is 2.87. The average molecular weight is 286 g/mol. The Balaban J connectivity index is 2.42. The van der Waals surface area contributed by atoms with E-state index in [0.717, 1.165) is 0 Å². The summed E-state index contributed by atoms with van der Waals surface area (Å²) in [7, 11) is -3.54. The minimum absolute atomic E-state index is 0.184. The quantitative estimate of drug-likeness (QED) is 0.679. The molecule has 2 atom stereocenters. The molecule has 0 fully saturated rings. The monoisotopic (exact) mass is 286 g/mol. The molecule has 0 N–H and O–H groups in total. The summed E-state index contributed by atoms with van der Waals surface area (Å²) < 4.78 is 28.2. The van der Waals surface area contributed by atoms with Crippen molar-refractivity contribution in [2.45, 2.75) is 28.7 Å². The molecule has 0 amide bonds. The lowest BCUT2D eigenvalue weighted by atomic mass is 10.0. The summed E-state index contributed by atoms with van der Waals surface area (Å²) in [6, 6.07) is 6.48. The van der Waals surface area contributed by atoms with E-state index < -0.39 is 26.3 Å². The molecule has 1 aliphatic rings. The highest BCUT2D eigenvalue weighted by Crippen LogP contribution is 2.42. The molecule has 1 aromatic rings. The van der Waals surface area contributed by atoms with Crippen molar-refractivity contribution in [3.8, 4) is 0 Å². The van der Waals surface area contributed by atoms with Gasteiger partial charge in [-0.3, -0.25) is 4.79 Å². The van der Waals surface area contributed by atoms with E-state index in [2.05, 4.69) is 12.6 Å². The third-order valence-corrected chi connectivity index (χ3v) is 5.89. The number of benzene rings is 1. The number of fused-ring (bicyclic) bond motifs is 1. The molecule has 18 heavy (non-hydrogen) atoms. The Morgan fingerprint density at radius 3 is 2.72 bits per heavy atom. The van der Waals surface area contributed by atoms with Gasteiger partial charge in [0, 0.05) is 0 Å². The summed E-state index contributed by atoms with van der Waals surface area (Å²) in [4.78, 5) is 12.1. The number of esters is 1. The summed E-state index contributed by atoms with van der Waals surface area (Å²) in [5, 5.41) is 0. The zero-order valence-electron chi connectivity index (χ0n) is 9.87. The van der Waals surface area contributed by atoms with E-state index in [-0.39, 0.29) is 11.5 Å². The van der Waals surface area contributed by atoms with Crippen LogP contribution in [0.25, 0.3) is 0 Å². The van der Waals surface area contributed by atoms with Gasteiger partial charge < -0.3 is 4.74 Å². The lowest BCUT2D eigenvalue weighted by Gasteiger charge is -2.13. The Bertz CT molecular complexity index is 565. The predicted octanol–water partition coefficient (Wildman–Crippen LogP) is 1.77. The fraction of sp³-hybridized carbons (Fsp3) is 0.417. The molecule has 0 spiro atoms. The molecule has 2 rings (SSSR count).